The number of rotatable bonds is 3. The Morgan fingerprint density at radius 1 is 1.38 bits per heavy atom. The number of ketones is 2. The zero-order chi connectivity index (χ0) is 6.57. The van der Waals surface area contributed by atoms with Gasteiger partial charge in [0.25, 0.3) is 0 Å². The summed E-state index contributed by atoms with van der Waals surface area (Å²) >= 11 is 1.88. The zero-order valence-corrected chi connectivity index (χ0v) is 6.77. The molecule has 0 N–H and O–H groups in total. The van der Waals surface area contributed by atoms with E-state index in [-0.39, 0.29) is 11.6 Å². The summed E-state index contributed by atoms with van der Waals surface area (Å²) in [6.45, 7) is 1.69. The molecule has 0 aromatic rings. The van der Waals surface area contributed by atoms with E-state index in [1.54, 1.807) is 6.92 Å². The number of Topliss-reactive ketones (excluding diaryl/α,β-unsaturated/α-hetero) is 2. The van der Waals surface area contributed by atoms with Gasteiger partial charge in [0.05, 0.1) is 4.43 Å². The van der Waals surface area contributed by atoms with E-state index in [1.807, 2.05) is 22.6 Å². The highest BCUT2D eigenvalue weighted by Gasteiger charge is 2.06. The Balaban J connectivity index is 3.64. The molecule has 8 heavy (non-hydrogen) atoms. The molecule has 0 radical (unpaired) electrons. The molecule has 0 aliphatic heterocycles. The lowest BCUT2D eigenvalue weighted by atomic mass is 10.2. The lowest BCUT2D eigenvalue weighted by Crippen LogP contribution is -2.12. The van der Waals surface area contributed by atoms with Crippen molar-refractivity contribution in [2.24, 2.45) is 0 Å². The highest BCUT2D eigenvalue weighted by molar-refractivity contribution is 14.1. The smallest absolute Gasteiger partial charge is 0.208 e. The van der Waals surface area contributed by atoms with Gasteiger partial charge in [-0.1, -0.05) is 29.5 Å². The van der Waals surface area contributed by atoms with Crippen molar-refractivity contribution in [2.75, 3.05) is 4.43 Å². The van der Waals surface area contributed by atoms with Crippen LogP contribution >= 0.6 is 22.6 Å². The molecule has 0 fully saturated rings. The molecular formula is C5H7IO2. The summed E-state index contributed by atoms with van der Waals surface area (Å²) in [6, 6.07) is 0. The molecule has 0 amide bonds. The topological polar surface area (TPSA) is 34.1 Å². The van der Waals surface area contributed by atoms with Crippen molar-refractivity contribution in [1.29, 1.82) is 0 Å². The molecule has 0 saturated carbocycles. The van der Waals surface area contributed by atoms with Gasteiger partial charge in [-0.25, -0.2) is 0 Å². The largest absolute Gasteiger partial charge is 0.291 e. The van der Waals surface area contributed by atoms with Crippen LogP contribution in [-0.4, -0.2) is 16.0 Å². The van der Waals surface area contributed by atoms with Gasteiger partial charge in [-0.2, -0.15) is 0 Å². The minimum atomic E-state index is -0.270. The summed E-state index contributed by atoms with van der Waals surface area (Å²) < 4.78 is 0.310. The van der Waals surface area contributed by atoms with Gasteiger partial charge in [0.2, 0.25) is 5.78 Å². The number of halogens is 1. The fourth-order valence-electron chi connectivity index (χ4n) is 0.272. The monoisotopic (exact) mass is 226 g/mol. The average molecular weight is 226 g/mol. The van der Waals surface area contributed by atoms with E-state index in [0.717, 1.165) is 0 Å². The Hall–Kier alpha value is 0.0700. The summed E-state index contributed by atoms with van der Waals surface area (Å²) in [6.07, 6.45) is 0.335. The molecule has 0 rings (SSSR count). The zero-order valence-electron chi connectivity index (χ0n) is 4.61. The maximum Gasteiger partial charge on any atom is 0.208 e. The van der Waals surface area contributed by atoms with Crippen LogP contribution in [0.15, 0.2) is 0 Å². The van der Waals surface area contributed by atoms with Crippen molar-refractivity contribution in [3.63, 3.8) is 0 Å². The third-order valence-electron chi connectivity index (χ3n) is 0.753. The van der Waals surface area contributed by atoms with Crippen LogP contribution in [0.2, 0.25) is 0 Å². The number of hydrogen-bond donors (Lipinski definition) is 0. The van der Waals surface area contributed by atoms with Gasteiger partial charge in [0.15, 0.2) is 5.78 Å². The quantitative estimate of drug-likeness (QED) is 0.408. The van der Waals surface area contributed by atoms with Crippen molar-refractivity contribution in [3.05, 3.63) is 0 Å². The minimum Gasteiger partial charge on any atom is -0.291 e. The predicted molar refractivity (Wildman–Crippen MR) is 39.2 cm³/mol. The molecule has 46 valence electrons. The van der Waals surface area contributed by atoms with Crippen LogP contribution in [0.4, 0.5) is 0 Å². The van der Waals surface area contributed by atoms with Crippen LogP contribution in [0.1, 0.15) is 13.3 Å². The van der Waals surface area contributed by atoms with Gasteiger partial charge in [-0.15, -0.1) is 0 Å². The van der Waals surface area contributed by atoms with Gasteiger partial charge in [0.1, 0.15) is 0 Å². The van der Waals surface area contributed by atoms with Crippen LogP contribution in [-0.2, 0) is 9.59 Å². The number of alkyl halides is 1. The first-order valence-electron chi connectivity index (χ1n) is 2.34. The van der Waals surface area contributed by atoms with Gasteiger partial charge < -0.3 is 0 Å². The molecule has 3 heteroatoms. The van der Waals surface area contributed by atoms with Crippen LogP contribution in [0, 0.1) is 0 Å². The molecule has 0 spiro atoms. The lowest BCUT2D eigenvalue weighted by Gasteiger charge is -1.86. The van der Waals surface area contributed by atoms with E-state index in [0.29, 0.717) is 10.8 Å². The summed E-state index contributed by atoms with van der Waals surface area (Å²) in [7, 11) is 0. The van der Waals surface area contributed by atoms with Crippen molar-refractivity contribution >= 4 is 34.2 Å². The molecule has 0 heterocycles. The second-order valence-electron chi connectivity index (χ2n) is 1.33. The molecule has 0 aromatic carbocycles. The molecule has 0 unspecified atom stereocenters. The maximum atomic E-state index is 10.4. The molecule has 0 atom stereocenters. The first-order valence-corrected chi connectivity index (χ1v) is 3.87. The highest BCUT2D eigenvalue weighted by atomic mass is 127. The van der Waals surface area contributed by atoms with Crippen molar-refractivity contribution in [1.82, 2.24) is 0 Å². The molecule has 2 nitrogen and oxygen atoms in total. The second-order valence-corrected chi connectivity index (χ2v) is 2.10. The molecule has 0 bridgehead atoms. The third-order valence-corrected chi connectivity index (χ3v) is 1.45. The Labute approximate surface area is 61.8 Å². The first kappa shape index (κ1) is 8.07. The number of carbonyl (C=O) groups excluding carboxylic acids is 2. The van der Waals surface area contributed by atoms with Gasteiger partial charge in [-0.3, -0.25) is 9.59 Å². The van der Waals surface area contributed by atoms with E-state index in [2.05, 4.69) is 0 Å². The fourth-order valence-corrected chi connectivity index (χ4v) is 0.697. The van der Waals surface area contributed by atoms with Crippen LogP contribution in [0.5, 0.6) is 0 Å². The second kappa shape index (κ2) is 4.00. The Bertz CT molecular complexity index is 95.0. The van der Waals surface area contributed by atoms with Crippen LogP contribution < -0.4 is 0 Å². The number of carbonyl (C=O) groups is 2. The Morgan fingerprint density at radius 2 is 1.88 bits per heavy atom. The Morgan fingerprint density at radius 3 is 2.00 bits per heavy atom. The van der Waals surface area contributed by atoms with Crippen molar-refractivity contribution in [3.8, 4) is 0 Å². The van der Waals surface area contributed by atoms with E-state index < -0.39 is 0 Å². The number of hydrogen-bond acceptors (Lipinski definition) is 2. The van der Waals surface area contributed by atoms with Gasteiger partial charge in [-0.05, 0) is 0 Å². The maximum absolute atomic E-state index is 10.4. The van der Waals surface area contributed by atoms with E-state index in [1.165, 1.54) is 0 Å². The fraction of sp³-hybridized carbons (Fsp3) is 0.600. The van der Waals surface area contributed by atoms with Gasteiger partial charge in [0, 0.05) is 6.42 Å². The third kappa shape index (κ3) is 2.40. The summed E-state index contributed by atoms with van der Waals surface area (Å²) in [5.41, 5.74) is 0. The average Bonchev–Trinajstić information content (AvgIpc) is 1.84. The van der Waals surface area contributed by atoms with E-state index >= 15 is 0 Å². The van der Waals surface area contributed by atoms with Crippen LogP contribution in [0.3, 0.4) is 0 Å². The molecule has 0 aliphatic carbocycles. The summed E-state index contributed by atoms with van der Waals surface area (Å²) in [4.78, 5) is 20.8. The molecular weight excluding hydrogens is 219 g/mol. The first-order chi connectivity index (χ1) is 3.72. The van der Waals surface area contributed by atoms with Crippen molar-refractivity contribution < 1.29 is 9.59 Å². The lowest BCUT2D eigenvalue weighted by molar-refractivity contribution is -0.134. The predicted octanol–water partition coefficient (Wildman–Crippen LogP) is 0.970. The Kier molecular flexibility index (Phi) is 4.03. The molecule has 0 saturated heterocycles. The molecule has 0 aromatic heterocycles. The van der Waals surface area contributed by atoms with E-state index in [9.17, 15) is 9.59 Å². The van der Waals surface area contributed by atoms with E-state index in [4.69, 9.17) is 0 Å². The standard InChI is InChI=1S/C5H7IO2/c1-2-4(7)5(8)3-6/h2-3H2,1H3. The minimum absolute atomic E-state index is 0.264. The normalized spacial score (nSPS) is 8.75. The summed E-state index contributed by atoms with van der Waals surface area (Å²) in [5, 5.41) is 0. The SMILES string of the molecule is CCC(=O)C(=O)CI. The summed E-state index contributed by atoms with van der Waals surface area (Å²) in [5.74, 6) is -0.535. The van der Waals surface area contributed by atoms with Crippen LogP contribution in [0.25, 0.3) is 0 Å². The van der Waals surface area contributed by atoms with Crippen molar-refractivity contribution in [2.45, 2.75) is 13.3 Å². The van der Waals surface area contributed by atoms with Gasteiger partial charge >= 0.3 is 0 Å². The molecule has 0 aliphatic rings. The highest BCUT2D eigenvalue weighted by Crippen LogP contribution is 1.88.